The van der Waals surface area contributed by atoms with Crippen molar-refractivity contribution < 1.29 is 9.53 Å². The highest BCUT2D eigenvalue weighted by atomic mass is 16.5. The van der Waals surface area contributed by atoms with E-state index in [2.05, 4.69) is 10.4 Å². The minimum absolute atomic E-state index is 0.0366. The topological polar surface area (TPSA) is 80.5 Å². The molecule has 20 heavy (non-hydrogen) atoms. The second kappa shape index (κ2) is 5.03. The van der Waals surface area contributed by atoms with Gasteiger partial charge in [0.2, 0.25) is 0 Å². The lowest BCUT2D eigenvalue weighted by molar-refractivity contribution is -0.171. The van der Waals surface area contributed by atoms with Crippen LogP contribution in [0.15, 0.2) is 18.3 Å². The number of nitrogen functional groups attached to an aromatic ring is 1. The van der Waals surface area contributed by atoms with Gasteiger partial charge in [-0.2, -0.15) is 0 Å². The predicted octanol–water partition coefficient (Wildman–Crippen LogP) is 1.40. The first-order valence-electron chi connectivity index (χ1n) is 6.65. The summed E-state index contributed by atoms with van der Waals surface area (Å²) in [6.07, 6.45) is 1.53. The zero-order chi connectivity index (χ0) is 15.0. The van der Waals surface area contributed by atoms with Crippen LogP contribution in [-0.4, -0.2) is 40.1 Å². The molecule has 3 N–H and O–H groups in total. The van der Waals surface area contributed by atoms with Gasteiger partial charge in [0, 0.05) is 19.3 Å². The summed E-state index contributed by atoms with van der Waals surface area (Å²) in [5.41, 5.74) is 2.28. The largest absolute Gasteiger partial charge is 0.366 e. The highest BCUT2D eigenvalue weighted by Gasteiger charge is 2.40. The summed E-state index contributed by atoms with van der Waals surface area (Å²) in [5.74, 6) is 5.76. The number of hydrogen-bond donors (Lipinski definition) is 2. The van der Waals surface area contributed by atoms with Gasteiger partial charge in [0.05, 0.1) is 16.8 Å². The summed E-state index contributed by atoms with van der Waals surface area (Å²) in [5, 5.41) is 0. The van der Waals surface area contributed by atoms with Gasteiger partial charge in [-0.3, -0.25) is 4.79 Å². The van der Waals surface area contributed by atoms with E-state index in [4.69, 9.17) is 10.6 Å². The number of carbonyl (C=O) groups is 1. The molecule has 2 heterocycles. The fourth-order valence-corrected chi connectivity index (χ4v) is 2.72. The van der Waals surface area contributed by atoms with E-state index in [0.29, 0.717) is 24.5 Å². The van der Waals surface area contributed by atoms with Crippen molar-refractivity contribution in [1.82, 2.24) is 9.88 Å². The minimum Gasteiger partial charge on any atom is -0.366 e. The molecule has 0 aromatic carbocycles. The molecular formula is C14H22N4O2. The number of nitrogens with zero attached hydrogens (tertiary/aromatic N) is 2. The third-order valence-electron chi connectivity index (χ3n) is 3.14. The van der Waals surface area contributed by atoms with Crippen molar-refractivity contribution in [1.29, 1.82) is 0 Å². The summed E-state index contributed by atoms with van der Waals surface area (Å²) in [6.45, 7) is 9.10. The number of amides is 1. The molecule has 0 radical (unpaired) electrons. The van der Waals surface area contributed by atoms with Gasteiger partial charge in [0.15, 0.2) is 0 Å². The molecular weight excluding hydrogens is 256 g/mol. The van der Waals surface area contributed by atoms with Gasteiger partial charge in [0.25, 0.3) is 5.91 Å². The predicted molar refractivity (Wildman–Crippen MR) is 77.2 cm³/mol. The molecule has 1 fully saturated rings. The fourth-order valence-electron chi connectivity index (χ4n) is 2.72. The summed E-state index contributed by atoms with van der Waals surface area (Å²) >= 11 is 0. The van der Waals surface area contributed by atoms with Gasteiger partial charge >= 0.3 is 0 Å². The zero-order valence-corrected chi connectivity index (χ0v) is 12.4. The van der Waals surface area contributed by atoms with Crippen LogP contribution in [0.4, 0.5) is 5.82 Å². The van der Waals surface area contributed by atoms with E-state index in [1.165, 1.54) is 6.20 Å². The monoisotopic (exact) mass is 278 g/mol. The van der Waals surface area contributed by atoms with E-state index in [1.807, 2.05) is 32.6 Å². The first-order chi connectivity index (χ1) is 9.22. The number of hydrazine groups is 1. The maximum Gasteiger partial charge on any atom is 0.255 e. The molecule has 0 bridgehead atoms. The van der Waals surface area contributed by atoms with Crippen molar-refractivity contribution in [2.24, 2.45) is 5.84 Å². The second-order valence-corrected chi connectivity index (χ2v) is 6.36. The van der Waals surface area contributed by atoms with E-state index >= 15 is 0 Å². The number of aromatic nitrogens is 1. The molecule has 0 atom stereocenters. The van der Waals surface area contributed by atoms with Crippen LogP contribution in [0.2, 0.25) is 0 Å². The van der Waals surface area contributed by atoms with Crippen molar-refractivity contribution in [3.05, 3.63) is 23.9 Å². The number of nitrogens with two attached hydrogens (primary N) is 1. The smallest absolute Gasteiger partial charge is 0.255 e. The summed E-state index contributed by atoms with van der Waals surface area (Å²) in [7, 11) is 0. The molecule has 1 amide bonds. The molecule has 110 valence electrons. The van der Waals surface area contributed by atoms with Crippen LogP contribution in [0.3, 0.4) is 0 Å². The highest BCUT2D eigenvalue weighted by molar-refractivity contribution is 5.94. The molecule has 0 saturated carbocycles. The third-order valence-corrected chi connectivity index (χ3v) is 3.14. The van der Waals surface area contributed by atoms with Crippen LogP contribution >= 0.6 is 0 Å². The molecule has 0 aliphatic carbocycles. The molecule has 0 spiro atoms. The van der Waals surface area contributed by atoms with Gasteiger partial charge in [-0.05, 0) is 39.8 Å². The first kappa shape index (κ1) is 14.7. The Bertz CT molecular complexity index is 480. The lowest BCUT2D eigenvalue weighted by Gasteiger charge is -2.47. The average molecular weight is 278 g/mol. The number of nitrogens with one attached hydrogen (secondary N) is 1. The van der Waals surface area contributed by atoms with Crippen molar-refractivity contribution in [3.63, 3.8) is 0 Å². The van der Waals surface area contributed by atoms with Crippen molar-refractivity contribution in [3.8, 4) is 0 Å². The van der Waals surface area contributed by atoms with Crippen LogP contribution in [0.5, 0.6) is 0 Å². The first-order valence-corrected chi connectivity index (χ1v) is 6.65. The molecule has 1 aliphatic rings. The number of anilines is 1. The third kappa shape index (κ3) is 3.26. The number of ether oxygens (including phenoxy) is 1. The van der Waals surface area contributed by atoms with E-state index in [1.54, 1.807) is 12.1 Å². The van der Waals surface area contributed by atoms with Gasteiger partial charge in [0.1, 0.15) is 5.82 Å². The molecule has 6 nitrogen and oxygen atoms in total. The van der Waals surface area contributed by atoms with Crippen LogP contribution < -0.4 is 11.3 Å². The van der Waals surface area contributed by atoms with Crippen molar-refractivity contribution in [2.75, 3.05) is 18.5 Å². The Labute approximate surface area is 119 Å². The highest BCUT2D eigenvalue weighted by Crippen LogP contribution is 2.28. The average Bonchev–Trinajstić information content (AvgIpc) is 2.34. The lowest BCUT2D eigenvalue weighted by atomic mass is 9.98. The Kier molecular flexibility index (Phi) is 3.71. The minimum atomic E-state index is -0.358. The molecule has 6 heteroatoms. The number of pyridine rings is 1. The molecule has 1 saturated heterocycles. The molecule has 2 rings (SSSR count). The maximum atomic E-state index is 12.6. The zero-order valence-electron chi connectivity index (χ0n) is 12.4. The second-order valence-electron chi connectivity index (χ2n) is 6.36. The summed E-state index contributed by atoms with van der Waals surface area (Å²) in [4.78, 5) is 18.4. The van der Waals surface area contributed by atoms with E-state index in [0.717, 1.165) is 0 Å². The lowest BCUT2D eigenvalue weighted by Crippen LogP contribution is -2.58. The number of carbonyl (C=O) groups excluding carboxylic acids is 1. The molecule has 1 aliphatic heterocycles. The molecule has 1 aromatic rings. The Morgan fingerprint density at radius 1 is 1.30 bits per heavy atom. The summed E-state index contributed by atoms with van der Waals surface area (Å²) in [6, 6.07) is 3.41. The SMILES string of the molecule is CC1(C)CN(C(=O)c2ccc(NN)nc2)CC(C)(C)O1. The normalized spacial score (nSPS) is 20.6. The van der Waals surface area contributed by atoms with Crippen molar-refractivity contribution in [2.45, 2.75) is 38.9 Å². The standard InChI is InChI=1S/C14H22N4O2/c1-13(2)8-18(9-14(3,4)20-13)12(19)10-5-6-11(17-15)16-7-10/h5-7H,8-9,15H2,1-4H3,(H,16,17). The van der Waals surface area contributed by atoms with Crippen LogP contribution in [0, 0.1) is 0 Å². The van der Waals surface area contributed by atoms with E-state index in [-0.39, 0.29) is 17.1 Å². The van der Waals surface area contributed by atoms with Gasteiger partial charge in [-0.25, -0.2) is 10.8 Å². The van der Waals surface area contributed by atoms with Crippen LogP contribution in [0.1, 0.15) is 38.1 Å². The van der Waals surface area contributed by atoms with Crippen molar-refractivity contribution >= 4 is 11.7 Å². The Morgan fingerprint density at radius 2 is 1.90 bits per heavy atom. The fraction of sp³-hybridized carbons (Fsp3) is 0.571. The Balaban J connectivity index is 2.19. The van der Waals surface area contributed by atoms with Gasteiger partial charge in [-0.1, -0.05) is 0 Å². The quantitative estimate of drug-likeness (QED) is 0.631. The van der Waals surface area contributed by atoms with E-state index < -0.39 is 0 Å². The van der Waals surface area contributed by atoms with E-state index in [9.17, 15) is 4.79 Å². The van der Waals surface area contributed by atoms with Gasteiger partial charge in [-0.15, -0.1) is 0 Å². The van der Waals surface area contributed by atoms with Gasteiger partial charge < -0.3 is 15.1 Å². The Hall–Kier alpha value is -1.66. The summed E-state index contributed by atoms with van der Waals surface area (Å²) < 4.78 is 5.98. The van der Waals surface area contributed by atoms with Crippen LogP contribution in [0.25, 0.3) is 0 Å². The Morgan fingerprint density at radius 3 is 2.35 bits per heavy atom. The number of hydrogen-bond acceptors (Lipinski definition) is 5. The van der Waals surface area contributed by atoms with Crippen LogP contribution in [-0.2, 0) is 4.74 Å². The maximum absolute atomic E-state index is 12.6. The number of rotatable bonds is 2. The molecule has 1 aromatic heterocycles. The molecule has 0 unspecified atom stereocenters. The number of morpholine rings is 1.